The van der Waals surface area contributed by atoms with Gasteiger partial charge in [-0.25, -0.2) is 5.01 Å². The minimum atomic E-state index is -0.322. The molecule has 8 heteroatoms. The number of ether oxygens (including phenoxy) is 1. The number of hydrazone groups is 1. The second-order valence-electron chi connectivity index (χ2n) is 7.73. The second-order valence-corrected chi connectivity index (χ2v) is 8.57. The molecule has 0 bridgehead atoms. The molecule has 1 aliphatic heterocycles. The van der Waals surface area contributed by atoms with Gasteiger partial charge >= 0.3 is 0 Å². The molecule has 32 heavy (non-hydrogen) atoms. The molecule has 2 atom stereocenters. The minimum absolute atomic E-state index is 0.0409. The number of fused-ring (bicyclic) bond motifs is 1. The lowest BCUT2D eigenvalue weighted by atomic mass is 9.79. The van der Waals surface area contributed by atoms with Crippen molar-refractivity contribution in [3.63, 3.8) is 0 Å². The van der Waals surface area contributed by atoms with Gasteiger partial charge in [-0.2, -0.15) is 5.10 Å². The van der Waals surface area contributed by atoms with Gasteiger partial charge in [0.2, 0.25) is 0 Å². The predicted octanol–water partition coefficient (Wildman–Crippen LogP) is 6.38. The third-order valence-corrected chi connectivity index (χ3v) is 6.23. The third-order valence-electron chi connectivity index (χ3n) is 5.70. The number of halogens is 2. The summed E-state index contributed by atoms with van der Waals surface area (Å²) in [5.41, 5.74) is 1.97. The van der Waals surface area contributed by atoms with Gasteiger partial charge in [0.1, 0.15) is 23.3 Å². The van der Waals surface area contributed by atoms with Crippen molar-refractivity contribution in [2.75, 3.05) is 6.61 Å². The van der Waals surface area contributed by atoms with Gasteiger partial charge in [-0.05, 0) is 73.4 Å². The van der Waals surface area contributed by atoms with Crippen LogP contribution in [0.1, 0.15) is 36.8 Å². The van der Waals surface area contributed by atoms with Crippen molar-refractivity contribution in [1.82, 2.24) is 5.01 Å². The fourth-order valence-corrected chi connectivity index (χ4v) is 4.75. The summed E-state index contributed by atoms with van der Waals surface area (Å²) in [4.78, 5) is 13.2. The van der Waals surface area contributed by atoms with E-state index in [1.807, 2.05) is 30.3 Å². The normalized spacial score (nSPS) is 21.5. The van der Waals surface area contributed by atoms with E-state index in [1.165, 1.54) is 5.01 Å². The Morgan fingerprint density at radius 3 is 2.78 bits per heavy atom. The molecule has 2 aliphatic rings. The average molecular weight is 471 g/mol. The van der Waals surface area contributed by atoms with Gasteiger partial charge in [-0.1, -0.05) is 23.2 Å². The maximum Gasteiger partial charge on any atom is 0.281 e. The SMILES string of the molecule is O=C(COc1ccc(Cl)cc1Cl)N1N=C2/C(=C\c3ccco3)CCC[C@H]2[C@@H]1c1ccco1. The van der Waals surface area contributed by atoms with Gasteiger partial charge in [0, 0.05) is 10.9 Å². The molecule has 1 saturated carbocycles. The molecule has 2 aromatic heterocycles. The number of hydrogen-bond acceptors (Lipinski definition) is 5. The van der Waals surface area contributed by atoms with E-state index in [0.29, 0.717) is 21.6 Å². The van der Waals surface area contributed by atoms with Crippen molar-refractivity contribution in [2.45, 2.75) is 25.3 Å². The first-order chi connectivity index (χ1) is 15.6. The van der Waals surface area contributed by atoms with Crippen molar-refractivity contribution >= 4 is 40.9 Å². The molecule has 164 valence electrons. The van der Waals surface area contributed by atoms with Gasteiger partial charge in [0.15, 0.2) is 6.61 Å². The number of hydrogen-bond donors (Lipinski definition) is 0. The molecular formula is C24H20Cl2N2O4. The maximum absolute atomic E-state index is 13.2. The van der Waals surface area contributed by atoms with E-state index in [9.17, 15) is 4.79 Å². The largest absolute Gasteiger partial charge is 0.482 e. The monoisotopic (exact) mass is 470 g/mol. The first kappa shape index (κ1) is 20.9. The van der Waals surface area contributed by atoms with E-state index in [-0.39, 0.29) is 24.5 Å². The first-order valence-corrected chi connectivity index (χ1v) is 11.1. The Labute approximate surface area is 195 Å². The molecule has 1 fully saturated rings. The average Bonchev–Trinajstić information content (AvgIpc) is 3.53. The summed E-state index contributed by atoms with van der Waals surface area (Å²) in [5, 5.41) is 7.09. The number of carbonyl (C=O) groups excluding carboxylic acids is 1. The van der Waals surface area contributed by atoms with E-state index >= 15 is 0 Å². The Morgan fingerprint density at radius 2 is 2.03 bits per heavy atom. The Hall–Kier alpha value is -2.96. The fraction of sp³-hybridized carbons (Fsp3) is 0.250. The minimum Gasteiger partial charge on any atom is -0.482 e. The molecule has 5 rings (SSSR count). The predicted molar refractivity (Wildman–Crippen MR) is 122 cm³/mol. The van der Waals surface area contributed by atoms with Crippen LogP contribution in [-0.4, -0.2) is 23.2 Å². The van der Waals surface area contributed by atoms with Crippen LogP contribution in [0.5, 0.6) is 5.75 Å². The topological polar surface area (TPSA) is 68.2 Å². The quantitative estimate of drug-likeness (QED) is 0.433. The number of rotatable bonds is 5. The van der Waals surface area contributed by atoms with Crippen molar-refractivity contribution in [2.24, 2.45) is 11.0 Å². The lowest BCUT2D eigenvalue weighted by Gasteiger charge is -2.27. The number of carbonyl (C=O) groups is 1. The van der Waals surface area contributed by atoms with Gasteiger partial charge in [-0.15, -0.1) is 0 Å². The van der Waals surface area contributed by atoms with Crippen molar-refractivity contribution in [3.05, 3.63) is 82.1 Å². The van der Waals surface area contributed by atoms with E-state index in [0.717, 1.165) is 36.3 Å². The number of amides is 1. The molecule has 3 heterocycles. The second kappa shape index (κ2) is 8.88. The summed E-state index contributed by atoms with van der Waals surface area (Å²) in [7, 11) is 0. The Kier molecular flexibility index (Phi) is 5.81. The summed E-state index contributed by atoms with van der Waals surface area (Å²) in [6, 6.07) is 12.0. The van der Waals surface area contributed by atoms with Crippen LogP contribution in [0.15, 0.2) is 74.5 Å². The summed E-state index contributed by atoms with van der Waals surface area (Å²) in [5.74, 6) is 1.62. The lowest BCUT2D eigenvalue weighted by Crippen LogP contribution is -2.34. The van der Waals surface area contributed by atoms with E-state index in [2.05, 4.69) is 0 Å². The smallest absolute Gasteiger partial charge is 0.281 e. The summed E-state index contributed by atoms with van der Waals surface area (Å²) < 4.78 is 16.9. The van der Waals surface area contributed by atoms with Gasteiger partial charge in [-0.3, -0.25) is 4.79 Å². The summed E-state index contributed by atoms with van der Waals surface area (Å²) in [6.45, 7) is -0.209. The van der Waals surface area contributed by atoms with E-state index < -0.39 is 0 Å². The number of furan rings is 2. The van der Waals surface area contributed by atoms with Crippen LogP contribution in [0.4, 0.5) is 0 Å². The fourth-order valence-electron chi connectivity index (χ4n) is 4.29. The maximum atomic E-state index is 13.2. The van der Waals surface area contributed by atoms with Crippen LogP contribution in [0.2, 0.25) is 10.0 Å². The molecular weight excluding hydrogens is 451 g/mol. The zero-order valence-electron chi connectivity index (χ0n) is 17.0. The van der Waals surface area contributed by atoms with Crippen LogP contribution in [0, 0.1) is 5.92 Å². The molecule has 1 aromatic carbocycles. The zero-order valence-corrected chi connectivity index (χ0v) is 18.6. The summed E-state index contributed by atoms with van der Waals surface area (Å²) >= 11 is 12.1. The molecule has 3 aromatic rings. The molecule has 6 nitrogen and oxygen atoms in total. The van der Waals surface area contributed by atoms with Crippen molar-refractivity contribution in [1.29, 1.82) is 0 Å². The van der Waals surface area contributed by atoms with Crippen LogP contribution in [0.3, 0.4) is 0 Å². The highest BCUT2D eigenvalue weighted by Gasteiger charge is 2.45. The third kappa shape index (κ3) is 4.08. The molecule has 0 N–H and O–H groups in total. The highest BCUT2D eigenvalue weighted by atomic mass is 35.5. The van der Waals surface area contributed by atoms with Gasteiger partial charge < -0.3 is 13.6 Å². The first-order valence-electron chi connectivity index (χ1n) is 10.4. The van der Waals surface area contributed by atoms with E-state index in [4.69, 9.17) is 41.9 Å². The molecule has 0 radical (unpaired) electrons. The standard InChI is InChI=1S/C24H20Cl2N2O4/c25-16-8-9-20(19(26)13-16)32-14-22(29)28-24(21-7-3-11-31-21)18-6-1-4-15(23(18)27-28)12-17-5-2-10-30-17/h2-3,5,7-13,18,24H,1,4,6,14H2/b15-12-/t18-,24-/m1/s1. The lowest BCUT2D eigenvalue weighted by molar-refractivity contribution is -0.136. The Balaban J connectivity index is 1.43. The molecule has 1 aliphatic carbocycles. The van der Waals surface area contributed by atoms with Crippen molar-refractivity contribution < 1.29 is 18.4 Å². The molecule has 0 saturated heterocycles. The highest BCUT2D eigenvalue weighted by molar-refractivity contribution is 6.35. The number of benzene rings is 1. The summed E-state index contributed by atoms with van der Waals surface area (Å²) in [6.07, 6.45) is 8.04. The zero-order chi connectivity index (χ0) is 22.1. The number of nitrogens with zero attached hydrogens (tertiary/aromatic N) is 2. The molecule has 1 amide bonds. The molecule has 0 unspecified atom stereocenters. The van der Waals surface area contributed by atoms with Crippen molar-refractivity contribution in [3.8, 4) is 5.75 Å². The van der Waals surface area contributed by atoms with Crippen LogP contribution in [-0.2, 0) is 4.79 Å². The van der Waals surface area contributed by atoms with E-state index in [1.54, 1.807) is 30.7 Å². The van der Waals surface area contributed by atoms with Crippen LogP contribution >= 0.6 is 23.2 Å². The highest BCUT2D eigenvalue weighted by Crippen LogP contribution is 2.44. The van der Waals surface area contributed by atoms with Gasteiger partial charge in [0.25, 0.3) is 5.91 Å². The Bertz CT molecular complexity index is 1170. The molecule has 0 spiro atoms. The number of allylic oxidation sites excluding steroid dienone is 1. The van der Waals surface area contributed by atoms with Crippen LogP contribution in [0.25, 0.3) is 6.08 Å². The Morgan fingerprint density at radius 1 is 1.19 bits per heavy atom. The van der Waals surface area contributed by atoms with Gasteiger partial charge in [0.05, 0.1) is 23.3 Å². The van der Waals surface area contributed by atoms with Crippen LogP contribution < -0.4 is 4.74 Å².